The van der Waals surface area contributed by atoms with Crippen LogP contribution in [0.15, 0.2) is 0 Å². The summed E-state index contributed by atoms with van der Waals surface area (Å²) in [5, 5.41) is 35.7. The Morgan fingerprint density at radius 2 is 0.615 bits per heavy atom. The van der Waals surface area contributed by atoms with E-state index in [1.54, 1.807) is 0 Å². The molecule has 13 heavy (non-hydrogen) atoms. The largest absolute Gasteiger partial charge is 0.543 e. The Balaban J connectivity index is -0.000000143. The smallest absolute Gasteiger partial charge is 0.0870 e. The molecule has 0 aromatic rings. The standard InChI is InChI=1S/2C2H2O4.Co/c2*3-1(4)2(5)6;/h2*(H,3,4)(H,5,6);/p-4. The Hall–Kier alpha value is -1.61. The average molecular weight is 235 g/mol. The number of carbonyl (C=O) groups excluding carboxylic acids is 4. The van der Waals surface area contributed by atoms with Gasteiger partial charge in [-0.2, -0.15) is 0 Å². The van der Waals surface area contributed by atoms with Gasteiger partial charge < -0.3 is 39.6 Å². The minimum atomic E-state index is -2.19. The normalized spacial score (nSPS) is 6.77. The summed E-state index contributed by atoms with van der Waals surface area (Å²) in [4.78, 5) is 35.7. The second-order valence-electron chi connectivity index (χ2n) is 1.15. The number of rotatable bonds is 0. The fourth-order valence-electron chi connectivity index (χ4n) is 0. The molecular formula is C4CoO8-4. The molecule has 0 aliphatic heterocycles. The predicted molar refractivity (Wildman–Crippen MR) is 20.0 cm³/mol. The molecule has 0 amide bonds. The summed E-state index contributed by atoms with van der Waals surface area (Å²) >= 11 is 0. The maximum Gasteiger partial charge on any atom is 0.0870 e. The summed E-state index contributed by atoms with van der Waals surface area (Å²) in [6.07, 6.45) is 0. The fraction of sp³-hybridized carbons (Fsp3) is 0. The summed E-state index contributed by atoms with van der Waals surface area (Å²) in [5.74, 6) is -8.74. The molecule has 0 N–H and O–H groups in total. The molecule has 0 rings (SSSR count). The Morgan fingerprint density at radius 1 is 0.538 bits per heavy atom. The van der Waals surface area contributed by atoms with E-state index in [0.29, 0.717) is 0 Å². The van der Waals surface area contributed by atoms with Crippen molar-refractivity contribution in [3.63, 3.8) is 0 Å². The molecule has 0 heterocycles. The van der Waals surface area contributed by atoms with Crippen LogP contribution in [0.2, 0.25) is 0 Å². The first-order valence-electron chi connectivity index (χ1n) is 2.13. The zero-order valence-corrected chi connectivity index (χ0v) is 6.64. The van der Waals surface area contributed by atoms with Crippen LogP contribution in [-0.4, -0.2) is 23.9 Å². The third-order valence-electron chi connectivity index (χ3n) is 0.333. The van der Waals surface area contributed by atoms with Crippen molar-refractivity contribution in [1.82, 2.24) is 0 Å². The number of carbonyl (C=O) groups is 4. The molecule has 0 fully saturated rings. The number of hydrogen-bond donors (Lipinski definition) is 0. The van der Waals surface area contributed by atoms with Crippen molar-refractivity contribution >= 4 is 23.9 Å². The molecule has 0 spiro atoms. The maximum absolute atomic E-state index is 8.93. The van der Waals surface area contributed by atoms with Crippen LogP contribution in [0.3, 0.4) is 0 Å². The molecule has 0 aromatic heterocycles. The van der Waals surface area contributed by atoms with Gasteiger partial charge >= 0.3 is 0 Å². The first-order chi connectivity index (χ1) is 5.29. The predicted octanol–water partition coefficient (Wildman–Crippen LogP) is -7.03. The van der Waals surface area contributed by atoms with Gasteiger partial charge in [-0.15, -0.1) is 0 Å². The van der Waals surface area contributed by atoms with E-state index in [0.717, 1.165) is 0 Å². The fourth-order valence-corrected chi connectivity index (χ4v) is 0. The minimum absolute atomic E-state index is 0. The van der Waals surface area contributed by atoms with Gasteiger partial charge in [0.1, 0.15) is 0 Å². The van der Waals surface area contributed by atoms with Crippen LogP contribution >= 0.6 is 0 Å². The molecule has 0 aromatic carbocycles. The van der Waals surface area contributed by atoms with Gasteiger partial charge in [-0.05, 0) is 0 Å². The molecule has 0 aliphatic rings. The monoisotopic (exact) mass is 235 g/mol. The molecule has 1 radical (unpaired) electrons. The summed E-state index contributed by atoms with van der Waals surface area (Å²) in [6, 6.07) is 0. The Labute approximate surface area is 81.0 Å². The number of carboxylic acid groups (broad SMARTS) is 4. The topological polar surface area (TPSA) is 161 Å². The third-order valence-corrected chi connectivity index (χ3v) is 0.333. The van der Waals surface area contributed by atoms with Crippen molar-refractivity contribution in [3.8, 4) is 0 Å². The SMILES string of the molecule is O=C([O-])C(=O)[O-].O=C([O-])C(=O)[O-].[Co]. The van der Waals surface area contributed by atoms with E-state index >= 15 is 0 Å². The van der Waals surface area contributed by atoms with Gasteiger partial charge in [0.2, 0.25) is 0 Å². The van der Waals surface area contributed by atoms with Gasteiger partial charge in [0, 0.05) is 16.8 Å². The van der Waals surface area contributed by atoms with Crippen LogP contribution in [0.25, 0.3) is 0 Å². The summed E-state index contributed by atoms with van der Waals surface area (Å²) in [7, 11) is 0. The van der Waals surface area contributed by atoms with Crippen molar-refractivity contribution in [2.75, 3.05) is 0 Å². The van der Waals surface area contributed by atoms with Crippen LogP contribution < -0.4 is 20.4 Å². The van der Waals surface area contributed by atoms with Crippen LogP contribution in [0.5, 0.6) is 0 Å². The van der Waals surface area contributed by atoms with E-state index in [2.05, 4.69) is 0 Å². The van der Waals surface area contributed by atoms with Crippen LogP contribution in [0.1, 0.15) is 0 Å². The average Bonchev–Trinajstić information content (AvgIpc) is 1.88. The van der Waals surface area contributed by atoms with Gasteiger partial charge in [0.15, 0.2) is 0 Å². The number of hydrogen-bond acceptors (Lipinski definition) is 8. The summed E-state index contributed by atoms with van der Waals surface area (Å²) < 4.78 is 0. The molecule has 0 saturated carbocycles. The van der Waals surface area contributed by atoms with E-state index in [1.165, 1.54) is 0 Å². The minimum Gasteiger partial charge on any atom is -0.543 e. The Morgan fingerprint density at radius 3 is 0.615 bits per heavy atom. The zero-order chi connectivity index (χ0) is 10.3. The van der Waals surface area contributed by atoms with E-state index in [-0.39, 0.29) is 16.8 Å². The molecule has 0 bridgehead atoms. The van der Waals surface area contributed by atoms with Gasteiger partial charge in [-0.1, -0.05) is 0 Å². The van der Waals surface area contributed by atoms with Gasteiger partial charge in [-0.25, -0.2) is 0 Å². The van der Waals surface area contributed by atoms with Crippen molar-refractivity contribution in [2.45, 2.75) is 0 Å². The van der Waals surface area contributed by atoms with Crippen LogP contribution in [0, 0.1) is 0 Å². The van der Waals surface area contributed by atoms with Crippen molar-refractivity contribution in [2.24, 2.45) is 0 Å². The molecule has 0 atom stereocenters. The van der Waals surface area contributed by atoms with Crippen molar-refractivity contribution in [3.05, 3.63) is 0 Å². The number of aliphatic carboxylic acids is 4. The van der Waals surface area contributed by atoms with Crippen LogP contribution in [0.4, 0.5) is 0 Å². The summed E-state index contributed by atoms with van der Waals surface area (Å²) in [5.41, 5.74) is 0. The summed E-state index contributed by atoms with van der Waals surface area (Å²) in [6.45, 7) is 0. The van der Waals surface area contributed by atoms with Crippen molar-refractivity contribution < 1.29 is 56.4 Å². The molecule has 0 saturated heterocycles. The molecule has 0 aliphatic carbocycles. The quantitative estimate of drug-likeness (QED) is 0.374. The van der Waals surface area contributed by atoms with Gasteiger partial charge in [0.25, 0.3) is 0 Å². The molecule has 8 nitrogen and oxygen atoms in total. The number of carboxylic acids is 4. The maximum atomic E-state index is 8.93. The Bertz CT molecular complexity index is 172. The zero-order valence-electron chi connectivity index (χ0n) is 5.60. The molecule has 9 heteroatoms. The van der Waals surface area contributed by atoms with E-state index in [1.807, 2.05) is 0 Å². The van der Waals surface area contributed by atoms with E-state index in [9.17, 15) is 0 Å². The van der Waals surface area contributed by atoms with Gasteiger partial charge in [0.05, 0.1) is 23.9 Å². The second-order valence-corrected chi connectivity index (χ2v) is 1.15. The second kappa shape index (κ2) is 8.48. The van der Waals surface area contributed by atoms with Crippen molar-refractivity contribution in [1.29, 1.82) is 0 Å². The van der Waals surface area contributed by atoms with E-state index in [4.69, 9.17) is 39.6 Å². The molecule has 0 unspecified atom stereocenters. The first kappa shape index (κ1) is 17.5. The third kappa shape index (κ3) is 17.9. The van der Waals surface area contributed by atoms with E-state index < -0.39 is 23.9 Å². The molecule has 77 valence electrons. The van der Waals surface area contributed by atoms with Gasteiger partial charge in [-0.3, -0.25) is 0 Å². The Kier molecular flexibility index (Phi) is 11.4. The first-order valence-corrected chi connectivity index (χ1v) is 2.13. The van der Waals surface area contributed by atoms with Crippen LogP contribution in [-0.2, 0) is 36.0 Å². The molecular weight excluding hydrogens is 235 g/mol.